The number of rotatable bonds is 10. The minimum absolute atomic E-state index is 0.0525. The first-order valence-electron chi connectivity index (χ1n) is 10.9. The Kier molecular flexibility index (Phi) is 7.54. The van der Waals surface area contributed by atoms with Crippen molar-refractivity contribution in [3.05, 3.63) is 47.8 Å². The summed E-state index contributed by atoms with van der Waals surface area (Å²) >= 11 is -2.19. The van der Waals surface area contributed by atoms with Gasteiger partial charge in [-0.15, -0.1) is 0 Å². The number of aryl methyl sites for hydroxylation is 1. The van der Waals surface area contributed by atoms with Crippen LogP contribution in [-0.4, -0.2) is 54.1 Å². The number of benzene rings is 1. The summed E-state index contributed by atoms with van der Waals surface area (Å²) in [7, 11) is 3.13. The van der Waals surface area contributed by atoms with Crippen molar-refractivity contribution in [3.8, 4) is 34.6 Å². The van der Waals surface area contributed by atoms with Gasteiger partial charge in [0.2, 0.25) is 17.1 Å². The molecule has 1 aromatic carbocycles. The summed E-state index contributed by atoms with van der Waals surface area (Å²) in [6.45, 7) is 4.34. The van der Waals surface area contributed by atoms with Gasteiger partial charge in [-0.2, -0.15) is 0 Å². The lowest BCUT2D eigenvalue weighted by Gasteiger charge is -2.16. The molecule has 35 heavy (non-hydrogen) atoms. The molecule has 0 aliphatic heterocycles. The zero-order valence-electron chi connectivity index (χ0n) is 19.8. The van der Waals surface area contributed by atoms with Crippen LogP contribution in [0.4, 0.5) is 0 Å². The third-order valence-corrected chi connectivity index (χ3v) is 5.61. The van der Waals surface area contributed by atoms with Gasteiger partial charge in [-0.3, -0.25) is 9.12 Å². The molecular weight excluding hydrogens is 472 g/mol. The molecule has 4 aromatic rings. The molecule has 3 aromatic heterocycles. The fourth-order valence-electron chi connectivity index (χ4n) is 3.72. The maximum absolute atomic E-state index is 11.2. The van der Waals surface area contributed by atoms with Crippen molar-refractivity contribution >= 4 is 22.6 Å². The topological polar surface area (TPSA) is 134 Å². The molecule has 2 N–H and O–H groups in total. The average molecular weight is 499 g/mol. The molecule has 0 amide bonds. The van der Waals surface area contributed by atoms with Crippen LogP contribution in [0.2, 0.25) is 0 Å². The predicted octanol–water partition coefficient (Wildman–Crippen LogP) is 3.08. The summed E-state index contributed by atoms with van der Waals surface area (Å²) in [6, 6.07) is 10.9. The highest BCUT2D eigenvalue weighted by molar-refractivity contribution is 7.77. The molecule has 0 saturated heterocycles. The van der Waals surface area contributed by atoms with Gasteiger partial charge in [-0.25, -0.2) is 28.9 Å². The number of aromatic nitrogens is 5. The highest BCUT2D eigenvalue weighted by Gasteiger charge is 2.25. The molecule has 0 fully saturated rings. The Bertz CT molecular complexity index is 1350. The summed E-state index contributed by atoms with van der Waals surface area (Å²) in [5.41, 5.74) is 3.11. The van der Waals surface area contributed by atoms with Crippen LogP contribution < -0.4 is 18.9 Å². The van der Waals surface area contributed by atoms with E-state index in [1.165, 1.54) is 0 Å². The number of ether oxygens (including phenoxy) is 3. The van der Waals surface area contributed by atoms with E-state index in [0.717, 1.165) is 0 Å². The molecule has 0 bridgehead atoms. The van der Waals surface area contributed by atoms with Crippen molar-refractivity contribution in [3.63, 3.8) is 0 Å². The van der Waals surface area contributed by atoms with Gasteiger partial charge < -0.3 is 14.2 Å². The quantitative estimate of drug-likeness (QED) is 0.316. The van der Waals surface area contributed by atoms with E-state index in [4.69, 9.17) is 29.2 Å². The van der Waals surface area contributed by atoms with Crippen LogP contribution in [0, 0.1) is 0 Å². The molecule has 11 nitrogen and oxygen atoms in total. The molecule has 0 aliphatic rings. The molecular formula is C23H26N6O5S. The van der Waals surface area contributed by atoms with Crippen LogP contribution in [0.15, 0.2) is 36.4 Å². The van der Waals surface area contributed by atoms with E-state index < -0.39 is 11.3 Å². The van der Waals surface area contributed by atoms with Crippen molar-refractivity contribution in [2.24, 2.45) is 0 Å². The van der Waals surface area contributed by atoms with Crippen LogP contribution in [0.5, 0.6) is 17.4 Å². The maximum Gasteiger partial charge on any atom is 0.232 e. The van der Waals surface area contributed by atoms with Gasteiger partial charge >= 0.3 is 0 Å². The Morgan fingerprint density at radius 2 is 1.69 bits per heavy atom. The van der Waals surface area contributed by atoms with E-state index in [2.05, 4.69) is 9.71 Å². The third kappa shape index (κ3) is 4.94. The molecule has 184 valence electrons. The minimum atomic E-state index is -2.19. The molecule has 1 unspecified atom stereocenters. The van der Waals surface area contributed by atoms with Gasteiger partial charge in [-0.05, 0) is 31.5 Å². The molecule has 0 radical (unpaired) electrons. The number of para-hydroxylation sites is 1. The lowest BCUT2D eigenvalue weighted by atomic mass is 10.2. The van der Waals surface area contributed by atoms with Crippen LogP contribution in [0.3, 0.4) is 0 Å². The lowest BCUT2D eigenvalue weighted by molar-refractivity contribution is 0.327. The van der Waals surface area contributed by atoms with E-state index in [9.17, 15) is 8.76 Å². The normalized spacial score (nSPS) is 12.0. The smallest absolute Gasteiger partial charge is 0.232 e. The number of methoxy groups -OCH3 is 2. The first-order valence-corrected chi connectivity index (χ1v) is 12.1. The highest BCUT2D eigenvalue weighted by Crippen LogP contribution is 2.38. The second-order valence-electron chi connectivity index (χ2n) is 7.26. The summed E-state index contributed by atoms with van der Waals surface area (Å²) in [5.74, 6) is 1.98. The molecule has 12 heteroatoms. The van der Waals surface area contributed by atoms with E-state index in [-0.39, 0.29) is 6.54 Å². The standard InChI is InChI=1S/C23H26N6O5S/c1-5-14-16(13-24-35(30)31)27-23-21(26-14)28-22(15-9-7-12-19(25-15)34-6-2)29(23)20-17(32-3)10-8-11-18(20)33-4/h7-12,24H,5-6,13H2,1-4H3,(H,30,31). The lowest BCUT2D eigenvalue weighted by Crippen LogP contribution is -2.18. The highest BCUT2D eigenvalue weighted by atomic mass is 32.2. The molecule has 0 aliphatic carbocycles. The minimum Gasteiger partial charge on any atom is -0.494 e. The first kappa shape index (κ1) is 24.5. The average Bonchev–Trinajstić information content (AvgIpc) is 3.24. The van der Waals surface area contributed by atoms with Crippen LogP contribution in [-0.2, 0) is 24.2 Å². The van der Waals surface area contributed by atoms with E-state index >= 15 is 0 Å². The third-order valence-electron chi connectivity index (χ3n) is 5.22. The van der Waals surface area contributed by atoms with Gasteiger partial charge in [0.1, 0.15) is 22.9 Å². The molecule has 3 heterocycles. The van der Waals surface area contributed by atoms with Gasteiger partial charge in [0.25, 0.3) is 0 Å². The molecule has 0 saturated carbocycles. The Labute approximate surface area is 204 Å². The monoisotopic (exact) mass is 498 g/mol. The van der Waals surface area contributed by atoms with E-state index in [0.29, 0.717) is 70.3 Å². The number of nitrogens with zero attached hydrogens (tertiary/aromatic N) is 5. The zero-order valence-corrected chi connectivity index (χ0v) is 20.6. The van der Waals surface area contributed by atoms with Crippen LogP contribution in [0.1, 0.15) is 25.2 Å². The fraction of sp³-hybridized carbons (Fsp3) is 0.304. The summed E-state index contributed by atoms with van der Waals surface area (Å²) < 4.78 is 41.6. The number of pyridine rings is 1. The summed E-state index contributed by atoms with van der Waals surface area (Å²) in [4.78, 5) is 18.9. The molecule has 0 spiro atoms. The number of hydrogen-bond donors (Lipinski definition) is 2. The van der Waals surface area contributed by atoms with E-state index in [1.807, 2.05) is 44.2 Å². The van der Waals surface area contributed by atoms with Gasteiger partial charge in [0, 0.05) is 6.07 Å². The van der Waals surface area contributed by atoms with Crippen LogP contribution >= 0.6 is 0 Å². The number of hydrogen-bond acceptors (Lipinski definition) is 8. The summed E-state index contributed by atoms with van der Waals surface area (Å²) in [6.07, 6.45) is 0.566. The predicted molar refractivity (Wildman–Crippen MR) is 131 cm³/mol. The summed E-state index contributed by atoms with van der Waals surface area (Å²) in [5, 5.41) is 0. The number of fused-ring (bicyclic) bond motifs is 1. The van der Waals surface area contributed by atoms with Gasteiger partial charge in [0.15, 0.2) is 17.1 Å². The zero-order chi connectivity index (χ0) is 24.9. The Morgan fingerprint density at radius 3 is 2.31 bits per heavy atom. The second-order valence-corrected chi connectivity index (χ2v) is 8.05. The van der Waals surface area contributed by atoms with Crippen molar-refractivity contribution in [1.29, 1.82) is 0 Å². The Balaban J connectivity index is 2.06. The van der Waals surface area contributed by atoms with Crippen molar-refractivity contribution in [2.45, 2.75) is 26.8 Å². The van der Waals surface area contributed by atoms with E-state index in [1.54, 1.807) is 24.9 Å². The molecule has 4 rings (SSSR count). The largest absolute Gasteiger partial charge is 0.494 e. The Hall–Kier alpha value is -3.61. The SMILES string of the molecule is CCOc1cccc(-c2nc3nc(CC)c(CNS(=O)O)nc3n2-c2c(OC)cccc2OC)n1. The molecule has 1 atom stereocenters. The second kappa shape index (κ2) is 10.8. The van der Waals surface area contributed by atoms with Gasteiger partial charge in [-0.1, -0.05) is 19.1 Å². The fourth-order valence-corrected chi connectivity index (χ4v) is 3.98. The van der Waals surface area contributed by atoms with Crippen molar-refractivity contribution < 1.29 is 23.0 Å². The maximum atomic E-state index is 11.2. The van der Waals surface area contributed by atoms with Crippen molar-refractivity contribution in [2.75, 3.05) is 20.8 Å². The van der Waals surface area contributed by atoms with Gasteiger partial charge in [0.05, 0.1) is 38.8 Å². The first-order chi connectivity index (χ1) is 17.0. The van der Waals surface area contributed by atoms with Crippen LogP contribution in [0.25, 0.3) is 28.5 Å². The van der Waals surface area contributed by atoms with Crippen molar-refractivity contribution in [1.82, 2.24) is 29.2 Å². The number of nitrogens with one attached hydrogen (secondary N) is 1. The Morgan fingerprint density at radius 1 is 0.971 bits per heavy atom. The number of imidazole rings is 1.